The number of carbonyl (C=O) groups is 1. The number of allylic oxidation sites excluding steroid dienone is 2. The summed E-state index contributed by atoms with van der Waals surface area (Å²) in [6.07, 6.45) is 0.376. The van der Waals surface area contributed by atoms with E-state index < -0.39 is 11.8 Å². The number of hydrogen-bond donors (Lipinski definition) is 0. The van der Waals surface area contributed by atoms with Gasteiger partial charge in [0.25, 0.3) is 0 Å². The van der Waals surface area contributed by atoms with Gasteiger partial charge in [-0.3, -0.25) is 0 Å². The molecule has 0 unspecified atom stereocenters. The molecule has 0 N–H and O–H groups in total. The Morgan fingerprint density at radius 1 is 1.32 bits per heavy atom. The van der Waals surface area contributed by atoms with Crippen molar-refractivity contribution in [2.24, 2.45) is 0 Å². The van der Waals surface area contributed by atoms with Crippen LogP contribution >= 0.6 is 0 Å². The maximum absolute atomic E-state index is 14.1. The molecule has 3 nitrogen and oxygen atoms in total. The lowest BCUT2D eigenvalue weighted by molar-refractivity contribution is -0.208. The van der Waals surface area contributed by atoms with Gasteiger partial charge < -0.3 is 9.47 Å². The molecule has 22 heavy (non-hydrogen) atoms. The van der Waals surface area contributed by atoms with Crippen molar-refractivity contribution in [2.75, 3.05) is 0 Å². The Labute approximate surface area is 130 Å². The molecule has 0 amide bonds. The van der Waals surface area contributed by atoms with Crippen molar-refractivity contribution >= 4 is 5.97 Å². The summed E-state index contributed by atoms with van der Waals surface area (Å²) in [5, 5.41) is 0. The van der Waals surface area contributed by atoms with E-state index in [-0.39, 0.29) is 11.7 Å². The minimum Gasteiger partial charge on any atom is -0.457 e. The van der Waals surface area contributed by atoms with E-state index in [0.29, 0.717) is 23.3 Å². The molecule has 1 aromatic carbocycles. The number of rotatable bonds is 4. The maximum Gasteiger partial charge on any atom is 0.340 e. The third-order valence-corrected chi connectivity index (χ3v) is 3.70. The molecule has 0 radical (unpaired) electrons. The van der Waals surface area contributed by atoms with Crippen LogP contribution in [0.4, 0.5) is 4.39 Å². The van der Waals surface area contributed by atoms with Crippen LogP contribution in [-0.2, 0) is 14.3 Å². The summed E-state index contributed by atoms with van der Waals surface area (Å²) >= 11 is 0. The first-order valence-corrected chi connectivity index (χ1v) is 7.23. The molecule has 2 rings (SSSR count). The number of cyclic esters (lactones) is 1. The van der Waals surface area contributed by atoms with Crippen LogP contribution in [0.3, 0.4) is 0 Å². The Balaban J connectivity index is 2.37. The van der Waals surface area contributed by atoms with Gasteiger partial charge in [-0.15, -0.1) is 0 Å². The van der Waals surface area contributed by atoms with E-state index in [1.54, 1.807) is 39.0 Å². The lowest BCUT2D eigenvalue weighted by Crippen LogP contribution is -2.36. The molecule has 1 heterocycles. The summed E-state index contributed by atoms with van der Waals surface area (Å²) < 4.78 is 25.0. The summed E-state index contributed by atoms with van der Waals surface area (Å²) in [5.74, 6) is -1.43. The minimum absolute atomic E-state index is 0.257. The van der Waals surface area contributed by atoms with Gasteiger partial charge in [0.2, 0.25) is 5.79 Å². The van der Waals surface area contributed by atoms with Crippen LogP contribution in [0.1, 0.15) is 45.6 Å². The highest BCUT2D eigenvalue weighted by Crippen LogP contribution is 2.36. The second-order valence-corrected chi connectivity index (χ2v) is 6.06. The Hall–Kier alpha value is -2.10. The Kier molecular flexibility index (Phi) is 4.40. The Morgan fingerprint density at radius 3 is 2.55 bits per heavy atom. The number of carbonyl (C=O) groups excluding carboxylic acids is 1. The molecule has 1 aliphatic rings. The Morgan fingerprint density at radius 2 is 1.95 bits per heavy atom. The zero-order valence-electron chi connectivity index (χ0n) is 13.4. The van der Waals surface area contributed by atoms with E-state index in [9.17, 15) is 9.18 Å². The van der Waals surface area contributed by atoms with Gasteiger partial charge in [0.1, 0.15) is 11.6 Å². The second-order valence-electron chi connectivity index (χ2n) is 6.06. The monoisotopic (exact) mass is 304 g/mol. The third-order valence-electron chi connectivity index (χ3n) is 3.70. The predicted octanol–water partition coefficient (Wildman–Crippen LogP) is 4.46. The zero-order chi connectivity index (χ0) is 16.5. The average Bonchev–Trinajstić information content (AvgIpc) is 2.41. The second kappa shape index (κ2) is 5.95. The fourth-order valence-electron chi connectivity index (χ4n) is 2.50. The number of halogens is 1. The highest BCUT2D eigenvalue weighted by atomic mass is 19.1. The van der Waals surface area contributed by atoms with Gasteiger partial charge in [-0.25, -0.2) is 9.18 Å². The van der Waals surface area contributed by atoms with Crippen molar-refractivity contribution in [3.05, 3.63) is 59.1 Å². The van der Waals surface area contributed by atoms with Gasteiger partial charge in [-0.05, 0) is 25.5 Å². The summed E-state index contributed by atoms with van der Waals surface area (Å²) in [5.41, 5.74) is 1.78. The van der Waals surface area contributed by atoms with Gasteiger partial charge in [0, 0.05) is 26.2 Å². The zero-order valence-corrected chi connectivity index (χ0v) is 13.4. The first kappa shape index (κ1) is 16.3. The summed E-state index contributed by atoms with van der Waals surface area (Å²) in [7, 11) is 0. The van der Waals surface area contributed by atoms with Gasteiger partial charge >= 0.3 is 5.97 Å². The molecule has 1 aromatic rings. The van der Waals surface area contributed by atoms with E-state index >= 15 is 0 Å². The van der Waals surface area contributed by atoms with Crippen molar-refractivity contribution in [3.8, 4) is 0 Å². The van der Waals surface area contributed by atoms with Crippen LogP contribution in [0.2, 0.25) is 0 Å². The van der Waals surface area contributed by atoms with Gasteiger partial charge in [-0.2, -0.15) is 0 Å². The minimum atomic E-state index is -1.01. The molecule has 0 saturated carbocycles. The molecule has 0 spiro atoms. The van der Waals surface area contributed by atoms with Crippen LogP contribution in [0, 0.1) is 5.82 Å². The van der Waals surface area contributed by atoms with Crippen molar-refractivity contribution in [3.63, 3.8) is 0 Å². The molecule has 0 bridgehead atoms. The van der Waals surface area contributed by atoms with Gasteiger partial charge in [0.15, 0.2) is 0 Å². The van der Waals surface area contributed by atoms with Crippen molar-refractivity contribution in [2.45, 2.75) is 45.8 Å². The molecule has 0 aliphatic carbocycles. The number of esters is 1. The molecule has 0 fully saturated rings. The van der Waals surface area contributed by atoms with Crippen LogP contribution < -0.4 is 0 Å². The smallest absolute Gasteiger partial charge is 0.340 e. The molecular weight excluding hydrogens is 283 g/mol. The van der Waals surface area contributed by atoms with Crippen LogP contribution in [0.5, 0.6) is 0 Å². The largest absolute Gasteiger partial charge is 0.457 e. The number of ether oxygens (including phenoxy) is 2. The van der Waals surface area contributed by atoms with Crippen molar-refractivity contribution in [1.29, 1.82) is 0 Å². The molecule has 0 aromatic heterocycles. The van der Waals surface area contributed by atoms with Gasteiger partial charge in [0.05, 0.1) is 5.57 Å². The lowest BCUT2D eigenvalue weighted by atomic mass is 9.88. The van der Waals surface area contributed by atoms with E-state index in [1.807, 2.05) is 6.92 Å². The molecule has 1 aliphatic heterocycles. The first-order valence-electron chi connectivity index (χ1n) is 7.23. The van der Waals surface area contributed by atoms with Crippen molar-refractivity contribution in [1.82, 2.24) is 0 Å². The van der Waals surface area contributed by atoms with Crippen molar-refractivity contribution < 1.29 is 18.7 Å². The van der Waals surface area contributed by atoms with Crippen LogP contribution in [0.25, 0.3) is 0 Å². The highest BCUT2D eigenvalue weighted by Gasteiger charge is 2.35. The van der Waals surface area contributed by atoms with E-state index in [0.717, 1.165) is 5.57 Å². The molecule has 4 heteroatoms. The molecule has 118 valence electrons. The van der Waals surface area contributed by atoms with Crippen LogP contribution in [-0.4, -0.2) is 11.8 Å². The SMILES string of the molecule is C=C(C)[C@H](CC1=C(C)C(=O)OC(C)(C)O1)c1ccccc1F. The topological polar surface area (TPSA) is 35.5 Å². The van der Waals surface area contributed by atoms with Gasteiger partial charge in [-0.1, -0.05) is 30.4 Å². The average molecular weight is 304 g/mol. The lowest BCUT2D eigenvalue weighted by Gasteiger charge is -2.34. The maximum atomic E-state index is 14.1. The van der Waals surface area contributed by atoms with E-state index in [1.165, 1.54) is 6.07 Å². The quantitative estimate of drug-likeness (QED) is 0.608. The first-order chi connectivity index (χ1) is 10.2. The Bertz CT molecular complexity index is 643. The normalized spacial score (nSPS) is 18.5. The summed E-state index contributed by atoms with van der Waals surface area (Å²) in [6.45, 7) is 10.8. The third kappa shape index (κ3) is 3.38. The number of hydrogen-bond acceptors (Lipinski definition) is 3. The van der Waals surface area contributed by atoms with E-state index in [4.69, 9.17) is 9.47 Å². The number of benzene rings is 1. The summed E-state index contributed by atoms with van der Waals surface area (Å²) in [6, 6.07) is 6.59. The molecular formula is C18H21FO3. The highest BCUT2D eigenvalue weighted by molar-refractivity contribution is 5.89. The fraction of sp³-hybridized carbons (Fsp3) is 0.389. The fourth-order valence-corrected chi connectivity index (χ4v) is 2.50. The molecule has 0 saturated heterocycles. The standard InChI is InChI=1S/C18H21FO3/c1-11(2)14(13-8-6-7-9-15(13)19)10-16-12(3)17(20)22-18(4,5)21-16/h6-9,14H,1,10H2,2-5H3/t14-/m0/s1. The predicted molar refractivity (Wildman–Crippen MR) is 82.5 cm³/mol. The molecule has 1 atom stereocenters. The van der Waals surface area contributed by atoms with Crippen LogP contribution in [0.15, 0.2) is 47.7 Å². The van der Waals surface area contributed by atoms with E-state index in [2.05, 4.69) is 6.58 Å². The summed E-state index contributed by atoms with van der Waals surface area (Å²) in [4.78, 5) is 11.9.